The molecule has 0 aliphatic heterocycles. The molecule has 1 N–H and O–H groups in total. The quantitative estimate of drug-likeness (QED) is 0.748. The fourth-order valence-electron chi connectivity index (χ4n) is 0.932. The van der Waals surface area contributed by atoms with Crippen LogP contribution >= 0.6 is 11.3 Å². The van der Waals surface area contributed by atoms with Gasteiger partial charge >= 0.3 is 0 Å². The zero-order valence-corrected chi connectivity index (χ0v) is 8.94. The molecule has 0 aliphatic carbocycles. The first-order valence-corrected chi connectivity index (χ1v) is 5.16. The SMILES string of the molecule is CNCC(=O)c1csc(C(C)C)n1. The van der Waals surface area contributed by atoms with E-state index in [0.717, 1.165) is 5.01 Å². The summed E-state index contributed by atoms with van der Waals surface area (Å²) >= 11 is 1.55. The number of nitrogens with one attached hydrogen (secondary N) is 1. The molecule has 1 aromatic rings. The summed E-state index contributed by atoms with van der Waals surface area (Å²) in [6.45, 7) is 4.51. The van der Waals surface area contributed by atoms with E-state index >= 15 is 0 Å². The first-order valence-electron chi connectivity index (χ1n) is 4.28. The molecule has 1 rings (SSSR count). The van der Waals surface area contributed by atoms with E-state index in [9.17, 15) is 4.79 Å². The standard InChI is InChI=1S/C9H14N2OS/c1-6(2)9-11-7(5-13-9)8(12)4-10-3/h5-6,10H,4H2,1-3H3. The average molecular weight is 198 g/mol. The number of nitrogens with zero attached hydrogens (tertiary/aromatic N) is 1. The van der Waals surface area contributed by atoms with Crippen molar-refractivity contribution in [3.05, 3.63) is 16.1 Å². The third kappa shape index (κ3) is 2.60. The van der Waals surface area contributed by atoms with Crippen molar-refractivity contribution in [2.45, 2.75) is 19.8 Å². The van der Waals surface area contributed by atoms with Crippen molar-refractivity contribution in [3.8, 4) is 0 Å². The molecule has 0 bridgehead atoms. The van der Waals surface area contributed by atoms with Gasteiger partial charge in [0.15, 0.2) is 5.78 Å². The molecular weight excluding hydrogens is 184 g/mol. The van der Waals surface area contributed by atoms with Crippen LogP contribution in [0.25, 0.3) is 0 Å². The molecule has 0 aromatic carbocycles. The first kappa shape index (κ1) is 10.3. The van der Waals surface area contributed by atoms with Gasteiger partial charge in [-0.1, -0.05) is 13.8 Å². The molecule has 13 heavy (non-hydrogen) atoms. The lowest BCUT2D eigenvalue weighted by atomic mass is 10.2. The van der Waals surface area contributed by atoms with Crippen LogP contribution in [0.15, 0.2) is 5.38 Å². The Balaban J connectivity index is 2.73. The summed E-state index contributed by atoms with van der Waals surface area (Å²) in [7, 11) is 1.76. The molecular formula is C9H14N2OS. The maximum atomic E-state index is 11.4. The normalized spacial score (nSPS) is 10.8. The third-order valence-electron chi connectivity index (χ3n) is 1.64. The van der Waals surface area contributed by atoms with E-state index in [1.54, 1.807) is 18.4 Å². The second kappa shape index (κ2) is 4.48. The smallest absolute Gasteiger partial charge is 0.195 e. The number of hydrogen-bond donors (Lipinski definition) is 1. The molecule has 0 spiro atoms. The Bertz CT molecular complexity index is 294. The topological polar surface area (TPSA) is 42.0 Å². The Morgan fingerprint density at radius 2 is 2.38 bits per heavy atom. The molecule has 4 heteroatoms. The largest absolute Gasteiger partial charge is 0.313 e. The van der Waals surface area contributed by atoms with Crippen LogP contribution in [0.5, 0.6) is 0 Å². The van der Waals surface area contributed by atoms with Gasteiger partial charge in [-0.15, -0.1) is 11.3 Å². The molecule has 72 valence electrons. The Hall–Kier alpha value is -0.740. The minimum atomic E-state index is 0.0608. The van der Waals surface area contributed by atoms with E-state index in [0.29, 0.717) is 18.2 Å². The van der Waals surface area contributed by atoms with Crippen LogP contribution in [-0.2, 0) is 0 Å². The second-order valence-corrected chi connectivity index (χ2v) is 4.07. The van der Waals surface area contributed by atoms with Gasteiger partial charge in [0, 0.05) is 11.3 Å². The van der Waals surface area contributed by atoms with Crippen molar-refractivity contribution in [3.63, 3.8) is 0 Å². The summed E-state index contributed by atoms with van der Waals surface area (Å²) in [5.41, 5.74) is 0.586. The van der Waals surface area contributed by atoms with Crippen LogP contribution < -0.4 is 5.32 Å². The number of carbonyl (C=O) groups is 1. The highest BCUT2D eigenvalue weighted by molar-refractivity contribution is 7.09. The molecule has 0 fully saturated rings. The summed E-state index contributed by atoms with van der Waals surface area (Å²) < 4.78 is 0. The van der Waals surface area contributed by atoms with E-state index in [1.807, 2.05) is 5.38 Å². The maximum absolute atomic E-state index is 11.4. The first-order chi connectivity index (χ1) is 6.15. The van der Waals surface area contributed by atoms with Gasteiger partial charge in [0.25, 0.3) is 0 Å². The molecule has 1 heterocycles. The molecule has 0 atom stereocenters. The van der Waals surface area contributed by atoms with Gasteiger partial charge in [0.2, 0.25) is 0 Å². The number of Topliss-reactive ketones (excluding diaryl/α,β-unsaturated/α-hetero) is 1. The van der Waals surface area contributed by atoms with Crippen LogP contribution in [0.3, 0.4) is 0 Å². The van der Waals surface area contributed by atoms with E-state index < -0.39 is 0 Å². The lowest BCUT2D eigenvalue weighted by molar-refractivity contribution is 0.0989. The number of rotatable bonds is 4. The van der Waals surface area contributed by atoms with Crippen LogP contribution in [0.4, 0.5) is 0 Å². The summed E-state index contributed by atoms with van der Waals surface area (Å²) in [6, 6.07) is 0. The van der Waals surface area contributed by atoms with E-state index in [4.69, 9.17) is 0 Å². The number of hydrogen-bond acceptors (Lipinski definition) is 4. The van der Waals surface area contributed by atoms with Gasteiger partial charge < -0.3 is 5.32 Å². The van der Waals surface area contributed by atoms with Crippen molar-refractivity contribution in [1.29, 1.82) is 0 Å². The van der Waals surface area contributed by atoms with Crippen LogP contribution in [0.1, 0.15) is 35.3 Å². The predicted octanol–water partition coefficient (Wildman–Crippen LogP) is 1.67. The van der Waals surface area contributed by atoms with Gasteiger partial charge in [-0.2, -0.15) is 0 Å². The van der Waals surface area contributed by atoms with Crippen LogP contribution in [0, 0.1) is 0 Å². The van der Waals surface area contributed by atoms with Crippen molar-refractivity contribution in [2.24, 2.45) is 0 Å². The van der Waals surface area contributed by atoms with Crippen molar-refractivity contribution in [1.82, 2.24) is 10.3 Å². The minimum absolute atomic E-state index is 0.0608. The minimum Gasteiger partial charge on any atom is -0.313 e. The Kier molecular flexibility index (Phi) is 3.57. The number of thiazole rings is 1. The zero-order chi connectivity index (χ0) is 9.84. The molecule has 0 saturated carbocycles. The van der Waals surface area contributed by atoms with E-state index in [2.05, 4.69) is 24.1 Å². The van der Waals surface area contributed by atoms with Gasteiger partial charge in [0.05, 0.1) is 11.6 Å². The number of carbonyl (C=O) groups excluding carboxylic acids is 1. The predicted molar refractivity (Wildman–Crippen MR) is 54.5 cm³/mol. The molecule has 1 aromatic heterocycles. The van der Waals surface area contributed by atoms with Gasteiger partial charge in [0.1, 0.15) is 5.69 Å². The fraction of sp³-hybridized carbons (Fsp3) is 0.556. The third-order valence-corrected chi connectivity index (χ3v) is 2.78. The zero-order valence-electron chi connectivity index (χ0n) is 8.13. The number of aromatic nitrogens is 1. The van der Waals surface area contributed by atoms with Crippen LogP contribution in [0.2, 0.25) is 0 Å². The van der Waals surface area contributed by atoms with Gasteiger partial charge in [-0.3, -0.25) is 4.79 Å². The fourth-order valence-corrected chi connectivity index (χ4v) is 1.77. The summed E-state index contributed by atoms with van der Waals surface area (Å²) in [5, 5.41) is 5.68. The molecule has 0 radical (unpaired) electrons. The lowest BCUT2D eigenvalue weighted by Crippen LogP contribution is -2.18. The maximum Gasteiger partial charge on any atom is 0.195 e. The second-order valence-electron chi connectivity index (χ2n) is 3.18. The molecule has 3 nitrogen and oxygen atoms in total. The lowest BCUT2D eigenvalue weighted by Gasteiger charge is -1.96. The Labute approximate surface area is 82.2 Å². The number of ketones is 1. The van der Waals surface area contributed by atoms with E-state index in [-0.39, 0.29) is 5.78 Å². The summed E-state index contributed by atoms with van der Waals surface area (Å²) in [5.74, 6) is 0.465. The van der Waals surface area contributed by atoms with Gasteiger partial charge in [-0.25, -0.2) is 4.98 Å². The highest BCUT2D eigenvalue weighted by Gasteiger charge is 2.11. The monoisotopic (exact) mass is 198 g/mol. The van der Waals surface area contributed by atoms with Crippen molar-refractivity contribution < 1.29 is 4.79 Å². The highest BCUT2D eigenvalue weighted by atomic mass is 32.1. The molecule has 0 amide bonds. The van der Waals surface area contributed by atoms with Crippen molar-refractivity contribution >= 4 is 17.1 Å². The average Bonchev–Trinajstić information content (AvgIpc) is 2.52. The molecule has 0 saturated heterocycles. The summed E-state index contributed by atoms with van der Waals surface area (Å²) in [4.78, 5) is 15.6. The van der Waals surface area contributed by atoms with Crippen molar-refractivity contribution in [2.75, 3.05) is 13.6 Å². The molecule has 0 unspecified atom stereocenters. The van der Waals surface area contributed by atoms with E-state index in [1.165, 1.54) is 0 Å². The summed E-state index contributed by atoms with van der Waals surface area (Å²) in [6.07, 6.45) is 0. The Morgan fingerprint density at radius 3 is 2.85 bits per heavy atom. The highest BCUT2D eigenvalue weighted by Crippen LogP contribution is 2.19. The number of likely N-dealkylation sites (N-methyl/N-ethyl adjacent to an activating group) is 1. The molecule has 0 aliphatic rings. The van der Waals surface area contributed by atoms with Gasteiger partial charge in [-0.05, 0) is 7.05 Å². The van der Waals surface area contributed by atoms with Crippen LogP contribution in [-0.4, -0.2) is 24.4 Å². The Morgan fingerprint density at radius 1 is 1.69 bits per heavy atom.